The van der Waals surface area contributed by atoms with Gasteiger partial charge in [0.15, 0.2) is 5.69 Å². The molecule has 3 aromatic rings. The first-order chi connectivity index (χ1) is 11.6. The zero-order valence-electron chi connectivity index (χ0n) is 13.0. The molecular formula is C16H17N5O2S. The summed E-state index contributed by atoms with van der Waals surface area (Å²) in [5.41, 5.74) is 1.17. The molecule has 2 atom stereocenters. The van der Waals surface area contributed by atoms with Crippen LogP contribution in [-0.2, 0) is 6.54 Å². The van der Waals surface area contributed by atoms with Crippen LogP contribution < -0.4 is 5.32 Å². The average molecular weight is 343 g/mol. The minimum absolute atomic E-state index is 0.164. The maximum atomic E-state index is 12.3. The predicted octanol–water partition coefficient (Wildman–Crippen LogP) is 1.96. The number of aliphatic hydroxyl groups is 1. The van der Waals surface area contributed by atoms with Crippen LogP contribution in [-0.4, -0.2) is 31.0 Å². The Kier molecular flexibility index (Phi) is 4.97. The molecule has 2 N–H and O–H groups in total. The summed E-state index contributed by atoms with van der Waals surface area (Å²) in [7, 11) is 0. The molecule has 3 rings (SSSR count). The topological polar surface area (TPSA) is 92.9 Å². The molecule has 0 aromatic carbocycles. The van der Waals surface area contributed by atoms with E-state index in [9.17, 15) is 9.90 Å². The van der Waals surface area contributed by atoms with E-state index in [4.69, 9.17) is 0 Å². The first-order valence-electron chi connectivity index (χ1n) is 7.46. The Morgan fingerprint density at radius 2 is 2.17 bits per heavy atom. The lowest BCUT2D eigenvalue weighted by Crippen LogP contribution is -2.27. The number of hydrogen-bond donors (Lipinski definition) is 2. The monoisotopic (exact) mass is 343 g/mol. The van der Waals surface area contributed by atoms with Gasteiger partial charge in [0.05, 0.1) is 18.8 Å². The van der Waals surface area contributed by atoms with Crippen LogP contribution in [0.3, 0.4) is 0 Å². The number of carbonyl (C=O) groups excluding carboxylic acids is 1. The lowest BCUT2D eigenvalue weighted by molar-refractivity contribution is 0.0934. The van der Waals surface area contributed by atoms with Crippen molar-refractivity contribution in [3.05, 3.63) is 64.4 Å². The number of carbonyl (C=O) groups is 1. The minimum atomic E-state index is -0.668. The van der Waals surface area contributed by atoms with Crippen molar-refractivity contribution in [2.45, 2.75) is 25.6 Å². The summed E-state index contributed by atoms with van der Waals surface area (Å²) in [6.07, 6.45) is 4.23. The molecule has 3 heterocycles. The summed E-state index contributed by atoms with van der Waals surface area (Å²) in [6, 6.07) is 7.26. The Bertz CT molecular complexity index is 788. The minimum Gasteiger partial charge on any atom is -0.386 e. The molecule has 8 heteroatoms. The maximum Gasteiger partial charge on any atom is 0.273 e. The second-order valence-electron chi connectivity index (χ2n) is 5.33. The molecule has 0 aliphatic heterocycles. The number of nitrogens with zero attached hydrogens (tertiary/aromatic N) is 4. The van der Waals surface area contributed by atoms with Crippen molar-refractivity contribution >= 4 is 17.2 Å². The van der Waals surface area contributed by atoms with Gasteiger partial charge in [0.25, 0.3) is 5.91 Å². The third-order valence-corrected chi connectivity index (χ3v) is 4.53. The number of aromatic nitrogens is 4. The first-order valence-corrected chi connectivity index (χ1v) is 8.34. The van der Waals surface area contributed by atoms with E-state index in [0.717, 1.165) is 10.4 Å². The van der Waals surface area contributed by atoms with E-state index < -0.39 is 6.10 Å². The van der Waals surface area contributed by atoms with Crippen LogP contribution in [0.1, 0.15) is 40.0 Å². The van der Waals surface area contributed by atoms with Gasteiger partial charge >= 0.3 is 0 Å². The summed E-state index contributed by atoms with van der Waals surface area (Å²) >= 11 is 1.47. The predicted molar refractivity (Wildman–Crippen MR) is 89.4 cm³/mol. The van der Waals surface area contributed by atoms with Gasteiger partial charge in [-0.05, 0) is 36.1 Å². The molecule has 0 spiro atoms. The molecule has 124 valence electrons. The van der Waals surface area contributed by atoms with Gasteiger partial charge in [-0.15, -0.1) is 16.4 Å². The molecule has 0 saturated heterocycles. The molecule has 0 fully saturated rings. The number of nitrogens with one attached hydrogen (secondary N) is 1. The number of rotatable bonds is 6. The highest BCUT2D eigenvalue weighted by atomic mass is 32.1. The number of pyridine rings is 1. The van der Waals surface area contributed by atoms with Gasteiger partial charge in [-0.25, -0.2) is 4.68 Å². The zero-order chi connectivity index (χ0) is 16.9. The van der Waals surface area contributed by atoms with E-state index in [1.807, 2.05) is 36.6 Å². The van der Waals surface area contributed by atoms with E-state index >= 15 is 0 Å². The molecule has 3 aromatic heterocycles. The van der Waals surface area contributed by atoms with Crippen LogP contribution in [0, 0.1) is 0 Å². The van der Waals surface area contributed by atoms with Crippen molar-refractivity contribution in [3.63, 3.8) is 0 Å². The molecule has 0 radical (unpaired) electrons. The van der Waals surface area contributed by atoms with Gasteiger partial charge in [-0.1, -0.05) is 11.3 Å². The Morgan fingerprint density at radius 1 is 1.38 bits per heavy atom. The fraction of sp³-hybridized carbons (Fsp3) is 0.250. The summed E-state index contributed by atoms with van der Waals surface area (Å²) in [4.78, 5) is 17.1. The molecule has 0 saturated carbocycles. The number of amides is 1. The van der Waals surface area contributed by atoms with Crippen LogP contribution >= 0.6 is 11.3 Å². The Balaban J connectivity index is 1.61. The van der Waals surface area contributed by atoms with Crippen molar-refractivity contribution in [2.75, 3.05) is 0 Å². The largest absolute Gasteiger partial charge is 0.386 e. The van der Waals surface area contributed by atoms with Gasteiger partial charge < -0.3 is 10.4 Å². The Morgan fingerprint density at radius 3 is 2.88 bits per heavy atom. The fourth-order valence-electron chi connectivity index (χ4n) is 2.25. The van der Waals surface area contributed by atoms with Crippen molar-refractivity contribution in [3.8, 4) is 0 Å². The van der Waals surface area contributed by atoms with E-state index in [1.54, 1.807) is 12.4 Å². The number of hydrogen-bond acceptors (Lipinski definition) is 6. The lowest BCUT2D eigenvalue weighted by atomic mass is 10.1. The molecule has 24 heavy (non-hydrogen) atoms. The van der Waals surface area contributed by atoms with E-state index in [1.165, 1.54) is 22.2 Å². The first kappa shape index (κ1) is 16.3. The zero-order valence-corrected chi connectivity index (χ0v) is 13.8. The van der Waals surface area contributed by atoms with Crippen LogP contribution in [0.2, 0.25) is 0 Å². The lowest BCUT2D eigenvalue weighted by Gasteiger charge is -2.12. The molecular weight excluding hydrogens is 326 g/mol. The Labute approximate surface area is 143 Å². The highest BCUT2D eigenvalue weighted by molar-refractivity contribution is 7.10. The van der Waals surface area contributed by atoms with Crippen LogP contribution in [0.25, 0.3) is 0 Å². The number of aliphatic hydroxyl groups excluding tert-OH is 1. The molecule has 0 bridgehead atoms. The van der Waals surface area contributed by atoms with E-state index in [2.05, 4.69) is 20.6 Å². The summed E-state index contributed by atoms with van der Waals surface area (Å²) in [5.74, 6) is -0.309. The van der Waals surface area contributed by atoms with Gasteiger partial charge in [0.1, 0.15) is 6.10 Å². The van der Waals surface area contributed by atoms with Crippen molar-refractivity contribution in [1.82, 2.24) is 25.3 Å². The maximum absolute atomic E-state index is 12.3. The second kappa shape index (κ2) is 7.33. The smallest absolute Gasteiger partial charge is 0.273 e. The second-order valence-corrected chi connectivity index (χ2v) is 6.31. The third-order valence-electron chi connectivity index (χ3n) is 3.56. The summed E-state index contributed by atoms with van der Waals surface area (Å²) in [5, 5.41) is 22.7. The van der Waals surface area contributed by atoms with Crippen LogP contribution in [0.15, 0.2) is 48.2 Å². The molecule has 0 aliphatic carbocycles. The van der Waals surface area contributed by atoms with Gasteiger partial charge in [-0.3, -0.25) is 9.78 Å². The molecule has 1 amide bonds. The van der Waals surface area contributed by atoms with Crippen molar-refractivity contribution in [2.24, 2.45) is 0 Å². The van der Waals surface area contributed by atoms with E-state index in [0.29, 0.717) is 0 Å². The Hall–Kier alpha value is -2.58. The molecule has 0 unspecified atom stereocenters. The average Bonchev–Trinajstić information content (AvgIpc) is 3.27. The van der Waals surface area contributed by atoms with Gasteiger partial charge in [0.2, 0.25) is 0 Å². The standard InChI is InChI=1S/C16H17N5O2S/c1-11(12-4-6-17-7-5-12)18-16(23)13-9-21(20-19-13)10-14(22)15-3-2-8-24-15/h2-9,11,14,22H,10H2,1H3,(H,18,23)/t11-,14+/m1/s1. The van der Waals surface area contributed by atoms with E-state index in [-0.39, 0.29) is 24.2 Å². The normalized spacial score (nSPS) is 13.4. The molecule has 7 nitrogen and oxygen atoms in total. The van der Waals surface area contributed by atoms with Gasteiger partial charge in [0, 0.05) is 17.3 Å². The van der Waals surface area contributed by atoms with Crippen LogP contribution in [0.5, 0.6) is 0 Å². The summed E-state index contributed by atoms with van der Waals surface area (Å²) < 4.78 is 1.47. The highest BCUT2D eigenvalue weighted by Crippen LogP contribution is 2.20. The quantitative estimate of drug-likeness (QED) is 0.714. The van der Waals surface area contributed by atoms with Gasteiger partial charge in [-0.2, -0.15) is 0 Å². The molecule has 0 aliphatic rings. The fourth-order valence-corrected chi connectivity index (χ4v) is 2.95. The van der Waals surface area contributed by atoms with Crippen molar-refractivity contribution in [1.29, 1.82) is 0 Å². The highest BCUT2D eigenvalue weighted by Gasteiger charge is 2.16. The van der Waals surface area contributed by atoms with Crippen molar-refractivity contribution < 1.29 is 9.90 Å². The summed E-state index contributed by atoms with van der Waals surface area (Å²) in [6.45, 7) is 2.14. The third kappa shape index (κ3) is 3.84. The SMILES string of the molecule is C[C@@H](NC(=O)c1cn(C[C@H](O)c2cccs2)nn1)c1ccncc1. The van der Waals surface area contributed by atoms with Crippen LogP contribution in [0.4, 0.5) is 0 Å². The number of thiophene rings is 1.